The second kappa shape index (κ2) is 10.1. The SMILES string of the molecule is CC1CC=CN(C(N)(N)c2ccc(Cl)cc2Cl)C(c2c(C(=O)O)[nH]c3cc(Cl)ccc23)=C1c1ccccc1. The lowest BCUT2D eigenvalue weighted by atomic mass is 9.87. The van der Waals surface area contributed by atoms with Gasteiger partial charge in [0.1, 0.15) is 5.69 Å². The fourth-order valence-corrected chi connectivity index (χ4v) is 5.78. The number of aromatic amines is 1. The number of halogens is 3. The molecule has 1 unspecified atom stereocenters. The molecule has 0 amide bonds. The van der Waals surface area contributed by atoms with Crippen LogP contribution in [0.1, 0.15) is 40.5 Å². The molecule has 3 aromatic carbocycles. The number of rotatable bonds is 5. The topological polar surface area (TPSA) is 108 Å². The van der Waals surface area contributed by atoms with Gasteiger partial charge in [-0.1, -0.05) is 90.3 Å². The Bertz CT molecular complexity index is 1610. The zero-order valence-electron chi connectivity index (χ0n) is 20.4. The minimum Gasteiger partial charge on any atom is -0.477 e. The van der Waals surface area contributed by atoms with Crippen LogP contribution in [0.15, 0.2) is 79.0 Å². The van der Waals surface area contributed by atoms with E-state index in [1.807, 2.05) is 36.4 Å². The highest BCUT2D eigenvalue weighted by molar-refractivity contribution is 6.35. The minimum absolute atomic E-state index is 0.00352. The Morgan fingerprint density at radius 1 is 1.03 bits per heavy atom. The summed E-state index contributed by atoms with van der Waals surface area (Å²) in [6.45, 7) is 2.09. The average Bonchev–Trinajstić information content (AvgIpc) is 3.14. The Morgan fingerprint density at radius 3 is 2.39 bits per heavy atom. The minimum atomic E-state index is -1.68. The van der Waals surface area contributed by atoms with Crippen LogP contribution in [0, 0.1) is 5.92 Å². The molecule has 0 aliphatic carbocycles. The molecule has 0 spiro atoms. The van der Waals surface area contributed by atoms with Gasteiger partial charge in [0, 0.05) is 38.3 Å². The lowest BCUT2D eigenvalue weighted by Crippen LogP contribution is -2.57. The van der Waals surface area contributed by atoms with Crippen molar-refractivity contribution < 1.29 is 9.90 Å². The predicted molar refractivity (Wildman–Crippen MR) is 155 cm³/mol. The number of nitrogens with zero attached hydrogens (tertiary/aromatic N) is 1. The van der Waals surface area contributed by atoms with Gasteiger partial charge in [-0.25, -0.2) is 4.79 Å². The maximum absolute atomic E-state index is 12.6. The smallest absolute Gasteiger partial charge is 0.353 e. The van der Waals surface area contributed by atoms with Gasteiger partial charge in [0.05, 0.1) is 10.7 Å². The van der Waals surface area contributed by atoms with Crippen LogP contribution < -0.4 is 11.5 Å². The molecule has 4 aromatic rings. The van der Waals surface area contributed by atoms with Crippen LogP contribution in [0.5, 0.6) is 0 Å². The van der Waals surface area contributed by atoms with Crippen LogP contribution in [-0.2, 0) is 5.79 Å². The maximum atomic E-state index is 12.6. The summed E-state index contributed by atoms with van der Waals surface area (Å²) < 4.78 is 0. The normalized spacial score (nSPS) is 16.3. The highest BCUT2D eigenvalue weighted by atomic mass is 35.5. The number of aromatic nitrogens is 1. The number of carbonyl (C=O) groups is 1. The van der Waals surface area contributed by atoms with Crippen LogP contribution in [0.25, 0.3) is 22.2 Å². The molecule has 0 bridgehead atoms. The third kappa shape index (κ3) is 4.59. The van der Waals surface area contributed by atoms with Crippen LogP contribution in [-0.4, -0.2) is 21.0 Å². The molecule has 6 N–H and O–H groups in total. The van der Waals surface area contributed by atoms with Gasteiger partial charge in [-0.2, -0.15) is 0 Å². The van der Waals surface area contributed by atoms with Crippen LogP contribution >= 0.6 is 34.8 Å². The predicted octanol–water partition coefficient (Wildman–Crippen LogP) is 7.28. The molecule has 2 heterocycles. The molecular formula is C29H25Cl3N4O2. The Kier molecular flexibility index (Phi) is 7.03. The third-order valence-electron chi connectivity index (χ3n) is 6.79. The van der Waals surface area contributed by atoms with E-state index in [4.69, 9.17) is 46.3 Å². The zero-order chi connectivity index (χ0) is 27.2. The van der Waals surface area contributed by atoms with Crippen LogP contribution in [0.3, 0.4) is 0 Å². The van der Waals surface area contributed by atoms with Gasteiger partial charge >= 0.3 is 5.97 Å². The number of hydrogen-bond acceptors (Lipinski definition) is 4. The number of allylic oxidation sites excluding steroid dienone is 2. The number of hydrogen-bond donors (Lipinski definition) is 4. The van der Waals surface area contributed by atoms with Crippen molar-refractivity contribution in [3.8, 4) is 0 Å². The van der Waals surface area contributed by atoms with E-state index in [0.717, 1.165) is 11.1 Å². The molecule has 0 saturated carbocycles. The van der Waals surface area contributed by atoms with E-state index < -0.39 is 11.8 Å². The summed E-state index contributed by atoms with van der Waals surface area (Å²) in [5.41, 5.74) is 17.7. The molecule has 5 rings (SSSR count). The number of aromatic carboxylic acids is 1. The first-order chi connectivity index (χ1) is 18.1. The van der Waals surface area contributed by atoms with Crippen LogP contribution in [0.4, 0.5) is 0 Å². The molecule has 1 aromatic heterocycles. The van der Waals surface area contributed by atoms with E-state index >= 15 is 0 Å². The van der Waals surface area contributed by atoms with Crippen molar-refractivity contribution in [3.63, 3.8) is 0 Å². The number of carboxylic acids is 1. The van der Waals surface area contributed by atoms with Gasteiger partial charge in [-0.05, 0) is 47.7 Å². The number of nitrogens with one attached hydrogen (secondary N) is 1. The van der Waals surface area contributed by atoms with Crippen molar-refractivity contribution in [1.82, 2.24) is 9.88 Å². The number of fused-ring (bicyclic) bond motifs is 1. The van der Waals surface area contributed by atoms with Gasteiger partial charge in [0.25, 0.3) is 0 Å². The van der Waals surface area contributed by atoms with Gasteiger partial charge in [-0.3, -0.25) is 11.5 Å². The molecule has 194 valence electrons. The first kappa shape index (κ1) is 26.4. The van der Waals surface area contributed by atoms with Gasteiger partial charge in [0.2, 0.25) is 0 Å². The summed E-state index contributed by atoms with van der Waals surface area (Å²) in [5.74, 6) is -2.81. The molecule has 1 atom stereocenters. The standard InChI is InChI=1S/C29H25Cl3N4O2/c1-16-6-5-13-36(29(33,34)21-12-10-18(30)14-22(21)32)27(24(16)17-7-3-2-4-8-17)25-20-11-9-19(31)15-23(20)35-26(25)28(37)38/h2-5,7-16,35H,6,33-34H2,1H3,(H,37,38). The van der Waals surface area contributed by atoms with Gasteiger partial charge in [-0.15, -0.1) is 0 Å². The largest absolute Gasteiger partial charge is 0.477 e. The highest BCUT2D eigenvalue weighted by Gasteiger charge is 2.39. The molecule has 1 aliphatic rings. The maximum Gasteiger partial charge on any atom is 0.353 e. The second-order valence-corrected chi connectivity index (χ2v) is 10.6. The van der Waals surface area contributed by atoms with E-state index in [-0.39, 0.29) is 16.6 Å². The molecule has 0 radical (unpaired) electrons. The monoisotopic (exact) mass is 566 g/mol. The number of H-pyrrole nitrogens is 1. The summed E-state index contributed by atoms with van der Waals surface area (Å²) in [4.78, 5) is 17.4. The summed E-state index contributed by atoms with van der Waals surface area (Å²) in [6, 6.07) is 19.9. The van der Waals surface area contributed by atoms with Crippen LogP contribution in [0.2, 0.25) is 15.1 Å². The quantitative estimate of drug-likeness (QED) is 0.190. The molecule has 9 heteroatoms. The number of nitrogens with two attached hydrogens (primary N) is 2. The first-order valence-electron chi connectivity index (χ1n) is 11.9. The molecule has 0 fully saturated rings. The highest BCUT2D eigenvalue weighted by Crippen LogP contribution is 2.45. The Labute approximate surface area is 235 Å². The Balaban J connectivity index is 1.92. The van der Waals surface area contributed by atoms with E-state index in [9.17, 15) is 9.90 Å². The van der Waals surface area contributed by atoms with Gasteiger partial charge in [0.15, 0.2) is 5.79 Å². The van der Waals surface area contributed by atoms with Gasteiger partial charge < -0.3 is 15.0 Å². The van der Waals surface area contributed by atoms with E-state index in [2.05, 4.69) is 11.9 Å². The van der Waals surface area contributed by atoms with Crippen molar-refractivity contribution in [2.45, 2.75) is 19.1 Å². The first-order valence-corrected chi connectivity index (χ1v) is 13.1. The van der Waals surface area contributed by atoms with Crippen molar-refractivity contribution in [1.29, 1.82) is 0 Å². The van der Waals surface area contributed by atoms with E-state index in [1.54, 1.807) is 47.5 Å². The van der Waals surface area contributed by atoms with E-state index in [0.29, 0.717) is 44.2 Å². The van der Waals surface area contributed by atoms with Crippen molar-refractivity contribution in [2.75, 3.05) is 0 Å². The Morgan fingerprint density at radius 2 is 1.71 bits per heavy atom. The van der Waals surface area contributed by atoms with E-state index in [1.165, 1.54) is 0 Å². The fraction of sp³-hybridized carbons (Fsp3) is 0.138. The molecular weight excluding hydrogens is 543 g/mol. The lowest BCUT2D eigenvalue weighted by Gasteiger charge is -2.40. The zero-order valence-corrected chi connectivity index (χ0v) is 22.6. The lowest BCUT2D eigenvalue weighted by molar-refractivity contribution is 0.0690. The molecule has 0 saturated heterocycles. The molecule has 6 nitrogen and oxygen atoms in total. The van der Waals surface area contributed by atoms with Crippen molar-refractivity contribution in [2.24, 2.45) is 17.4 Å². The fourth-order valence-electron chi connectivity index (χ4n) is 5.05. The Hall–Kier alpha value is -3.26. The van der Waals surface area contributed by atoms with Crippen molar-refractivity contribution in [3.05, 3.63) is 116 Å². The molecule has 1 aliphatic heterocycles. The number of benzene rings is 3. The summed E-state index contributed by atoms with van der Waals surface area (Å²) in [5, 5.41) is 12.2. The van der Waals surface area contributed by atoms with Crippen molar-refractivity contribution >= 4 is 62.9 Å². The summed E-state index contributed by atoms with van der Waals surface area (Å²) in [6.07, 6.45) is 4.45. The second-order valence-electron chi connectivity index (χ2n) is 9.34. The summed E-state index contributed by atoms with van der Waals surface area (Å²) in [7, 11) is 0. The number of carboxylic acid groups (broad SMARTS) is 1. The molecule has 38 heavy (non-hydrogen) atoms. The summed E-state index contributed by atoms with van der Waals surface area (Å²) >= 11 is 19.0. The third-order valence-corrected chi connectivity index (χ3v) is 7.57. The average molecular weight is 568 g/mol.